The third-order valence-electron chi connectivity index (χ3n) is 3.40. The zero-order chi connectivity index (χ0) is 12.4. The first-order valence-corrected chi connectivity index (χ1v) is 7.72. The fourth-order valence-corrected chi connectivity index (χ4v) is 3.28. The van der Waals surface area contributed by atoms with Gasteiger partial charge in [-0.25, -0.2) is 0 Å². The summed E-state index contributed by atoms with van der Waals surface area (Å²) in [6.07, 6.45) is 3.33. The maximum Gasteiger partial charge on any atom is 0.227 e. The Morgan fingerprint density at radius 2 is 1.83 bits per heavy atom. The lowest BCUT2D eigenvalue weighted by atomic mass is 10.2. The predicted octanol–water partition coefficient (Wildman–Crippen LogP) is 2.95. The van der Waals surface area contributed by atoms with Crippen LogP contribution >= 0.6 is 11.8 Å². The van der Waals surface area contributed by atoms with Crippen molar-refractivity contribution < 1.29 is 4.79 Å². The molecule has 3 rings (SSSR count). The molecule has 1 saturated heterocycles. The number of benzene rings is 1. The number of anilines is 2. The summed E-state index contributed by atoms with van der Waals surface area (Å²) >= 11 is 2.00. The molecule has 1 aromatic rings. The summed E-state index contributed by atoms with van der Waals surface area (Å²) in [4.78, 5) is 11.6. The number of carbonyl (C=O) groups is 1. The van der Waals surface area contributed by atoms with Crippen LogP contribution in [0.15, 0.2) is 24.3 Å². The number of nitrogens with one attached hydrogen (secondary N) is 2. The zero-order valence-corrected chi connectivity index (χ0v) is 11.1. The molecule has 2 fully saturated rings. The van der Waals surface area contributed by atoms with E-state index in [-0.39, 0.29) is 11.8 Å². The Balaban J connectivity index is 1.56. The third kappa shape index (κ3) is 2.99. The van der Waals surface area contributed by atoms with Crippen LogP contribution in [0.2, 0.25) is 0 Å². The molecule has 0 aromatic heterocycles. The number of hydrogen-bond donors (Lipinski definition) is 2. The minimum atomic E-state index is 0.169. The standard InChI is InChI=1S/C14H18N2OS/c17-14(10-1-2-10)16-12-5-3-11(4-6-12)15-13-7-8-18-9-13/h3-6,10,13,15H,1-2,7-9H2,(H,16,17). The Labute approximate surface area is 112 Å². The second-order valence-electron chi connectivity index (χ2n) is 5.05. The second kappa shape index (κ2) is 5.22. The van der Waals surface area contributed by atoms with Crippen LogP contribution < -0.4 is 10.6 Å². The summed E-state index contributed by atoms with van der Waals surface area (Å²) in [5, 5.41) is 6.48. The van der Waals surface area contributed by atoms with Gasteiger partial charge in [-0.1, -0.05) is 0 Å². The predicted molar refractivity (Wildman–Crippen MR) is 77.1 cm³/mol. The molecule has 2 N–H and O–H groups in total. The van der Waals surface area contributed by atoms with Gasteiger partial charge in [0.05, 0.1) is 0 Å². The van der Waals surface area contributed by atoms with Gasteiger partial charge < -0.3 is 10.6 Å². The van der Waals surface area contributed by atoms with Gasteiger partial charge in [-0.3, -0.25) is 4.79 Å². The zero-order valence-electron chi connectivity index (χ0n) is 10.3. The van der Waals surface area contributed by atoms with Crippen molar-refractivity contribution in [2.24, 2.45) is 5.92 Å². The molecule has 4 heteroatoms. The van der Waals surface area contributed by atoms with E-state index < -0.39 is 0 Å². The highest BCUT2D eigenvalue weighted by atomic mass is 32.2. The van der Waals surface area contributed by atoms with Gasteiger partial charge in [0.2, 0.25) is 5.91 Å². The van der Waals surface area contributed by atoms with Gasteiger partial charge >= 0.3 is 0 Å². The van der Waals surface area contributed by atoms with E-state index in [9.17, 15) is 4.79 Å². The molecule has 0 bridgehead atoms. The van der Waals surface area contributed by atoms with Crippen molar-refractivity contribution in [2.75, 3.05) is 22.1 Å². The summed E-state index contributed by atoms with van der Waals surface area (Å²) in [5.41, 5.74) is 2.05. The highest BCUT2D eigenvalue weighted by Gasteiger charge is 2.29. The van der Waals surface area contributed by atoms with Crippen LogP contribution in [-0.2, 0) is 4.79 Å². The molecular formula is C14H18N2OS. The Morgan fingerprint density at radius 1 is 1.11 bits per heavy atom. The number of hydrogen-bond acceptors (Lipinski definition) is 3. The van der Waals surface area contributed by atoms with E-state index in [2.05, 4.69) is 10.6 Å². The molecule has 1 aliphatic heterocycles. The maximum absolute atomic E-state index is 11.6. The number of carbonyl (C=O) groups excluding carboxylic acids is 1. The fraction of sp³-hybridized carbons (Fsp3) is 0.500. The van der Waals surface area contributed by atoms with E-state index in [1.54, 1.807) is 0 Å². The van der Waals surface area contributed by atoms with Gasteiger partial charge in [-0.2, -0.15) is 11.8 Å². The van der Waals surface area contributed by atoms with Crippen molar-refractivity contribution >= 4 is 29.0 Å². The smallest absolute Gasteiger partial charge is 0.227 e. The molecule has 18 heavy (non-hydrogen) atoms. The Kier molecular flexibility index (Phi) is 3.46. The monoisotopic (exact) mass is 262 g/mol. The fourth-order valence-electron chi connectivity index (χ4n) is 2.12. The Hall–Kier alpha value is -1.16. The Bertz CT molecular complexity index is 422. The molecular weight excluding hydrogens is 244 g/mol. The normalized spacial score (nSPS) is 22.8. The van der Waals surface area contributed by atoms with E-state index in [4.69, 9.17) is 0 Å². The average molecular weight is 262 g/mol. The van der Waals surface area contributed by atoms with Gasteiger partial charge in [-0.15, -0.1) is 0 Å². The summed E-state index contributed by atoms with van der Waals surface area (Å²) in [6, 6.07) is 8.65. The summed E-state index contributed by atoms with van der Waals surface area (Å²) < 4.78 is 0. The summed E-state index contributed by atoms with van der Waals surface area (Å²) in [5.74, 6) is 2.88. The third-order valence-corrected chi connectivity index (χ3v) is 4.56. The molecule has 1 aliphatic carbocycles. The van der Waals surface area contributed by atoms with Crippen molar-refractivity contribution in [3.8, 4) is 0 Å². The van der Waals surface area contributed by atoms with Crippen LogP contribution in [-0.4, -0.2) is 23.5 Å². The lowest BCUT2D eigenvalue weighted by Gasteiger charge is -2.13. The van der Waals surface area contributed by atoms with Crippen LogP contribution in [0.4, 0.5) is 11.4 Å². The quantitative estimate of drug-likeness (QED) is 0.876. The summed E-state index contributed by atoms with van der Waals surface area (Å²) in [6.45, 7) is 0. The second-order valence-corrected chi connectivity index (χ2v) is 6.20. The Morgan fingerprint density at radius 3 is 2.44 bits per heavy atom. The minimum absolute atomic E-state index is 0.169. The molecule has 1 saturated carbocycles. The SMILES string of the molecule is O=C(Nc1ccc(NC2CCSC2)cc1)C1CC1. The molecule has 2 aliphatic rings. The van der Waals surface area contributed by atoms with Crippen LogP contribution in [0.25, 0.3) is 0 Å². The minimum Gasteiger partial charge on any atom is -0.381 e. The van der Waals surface area contributed by atoms with Crippen LogP contribution in [0.3, 0.4) is 0 Å². The van der Waals surface area contributed by atoms with E-state index in [1.165, 1.54) is 17.9 Å². The van der Waals surface area contributed by atoms with Crippen LogP contribution in [0.5, 0.6) is 0 Å². The van der Waals surface area contributed by atoms with Gasteiger partial charge in [0.1, 0.15) is 0 Å². The van der Waals surface area contributed by atoms with Crippen LogP contribution in [0, 0.1) is 5.92 Å². The molecule has 1 heterocycles. The van der Waals surface area contributed by atoms with Crippen molar-refractivity contribution in [1.29, 1.82) is 0 Å². The molecule has 96 valence electrons. The molecule has 1 atom stereocenters. The highest BCUT2D eigenvalue weighted by Crippen LogP contribution is 2.30. The van der Waals surface area contributed by atoms with E-state index in [1.807, 2.05) is 36.0 Å². The molecule has 3 nitrogen and oxygen atoms in total. The van der Waals surface area contributed by atoms with Crippen molar-refractivity contribution in [1.82, 2.24) is 0 Å². The van der Waals surface area contributed by atoms with Gasteiger partial charge in [0.25, 0.3) is 0 Å². The molecule has 0 spiro atoms. The lowest BCUT2D eigenvalue weighted by molar-refractivity contribution is -0.117. The largest absolute Gasteiger partial charge is 0.381 e. The van der Waals surface area contributed by atoms with E-state index >= 15 is 0 Å². The number of rotatable bonds is 4. The van der Waals surface area contributed by atoms with Gasteiger partial charge in [-0.05, 0) is 49.3 Å². The van der Waals surface area contributed by atoms with Crippen molar-refractivity contribution in [3.63, 3.8) is 0 Å². The molecule has 1 amide bonds. The maximum atomic E-state index is 11.6. The van der Waals surface area contributed by atoms with Gasteiger partial charge in [0.15, 0.2) is 0 Å². The first-order valence-electron chi connectivity index (χ1n) is 6.56. The number of amides is 1. The van der Waals surface area contributed by atoms with Crippen LogP contribution in [0.1, 0.15) is 19.3 Å². The van der Waals surface area contributed by atoms with E-state index in [0.29, 0.717) is 6.04 Å². The topological polar surface area (TPSA) is 41.1 Å². The van der Waals surface area contributed by atoms with Crippen molar-refractivity contribution in [3.05, 3.63) is 24.3 Å². The van der Waals surface area contributed by atoms with Gasteiger partial charge in [0, 0.05) is 29.1 Å². The summed E-state index contributed by atoms with van der Waals surface area (Å²) in [7, 11) is 0. The molecule has 0 radical (unpaired) electrons. The molecule has 1 aromatic carbocycles. The van der Waals surface area contributed by atoms with E-state index in [0.717, 1.165) is 24.2 Å². The van der Waals surface area contributed by atoms with Crippen molar-refractivity contribution in [2.45, 2.75) is 25.3 Å². The first kappa shape index (κ1) is 11.9. The number of thioether (sulfide) groups is 1. The average Bonchev–Trinajstić information content (AvgIpc) is 3.11. The first-order chi connectivity index (χ1) is 8.81. The lowest BCUT2D eigenvalue weighted by Crippen LogP contribution is -2.18. The highest BCUT2D eigenvalue weighted by molar-refractivity contribution is 7.99. The molecule has 1 unspecified atom stereocenters.